The molecule has 0 bridgehead atoms. The monoisotopic (exact) mass is 984 g/mol. The second kappa shape index (κ2) is 22.5. The maximum atomic E-state index is 15.0. The van der Waals surface area contributed by atoms with Gasteiger partial charge in [0, 0.05) is 25.1 Å². The highest BCUT2D eigenvalue weighted by atomic mass is 16.2. The van der Waals surface area contributed by atoms with Crippen LogP contribution in [0.15, 0.2) is 66.7 Å². The fourth-order valence-corrected chi connectivity index (χ4v) is 10.8. The summed E-state index contributed by atoms with van der Waals surface area (Å²) < 4.78 is 0. The molecule has 0 aromatic heterocycles. The minimum absolute atomic E-state index is 0.0169. The van der Waals surface area contributed by atoms with Crippen LogP contribution < -0.4 is 31.9 Å². The molecule has 3 aromatic carbocycles. The Morgan fingerprint density at radius 1 is 0.611 bits per heavy atom. The maximum Gasteiger partial charge on any atom is 0.246 e. The number of nitrogens with one attached hydrogen (secondary N) is 6. The minimum Gasteiger partial charge on any atom is -0.347 e. The van der Waals surface area contributed by atoms with Crippen molar-refractivity contribution in [2.45, 2.75) is 167 Å². The number of nitrogens with zero attached hydrogens (tertiary/aromatic N) is 2. The van der Waals surface area contributed by atoms with Gasteiger partial charge >= 0.3 is 0 Å². The molecule has 3 aromatic rings. The van der Waals surface area contributed by atoms with Gasteiger partial charge in [-0.25, -0.2) is 0 Å². The van der Waals surface area contributed by atoms with E-state index in [0.29, 0.717) is 11.1 Å². The van der Waals surface area contributed by atoms with Crippen molar-refractivity contribution in [3.63, 3.8) is 0 Å². The fraction of sp³-hybridized carbons (Fsp3) is 0.554. The Morgan fingerprint density at radius 3 is 1.60 bits per heavy atom. The van der Waals surface area contributed by atoms with Crippen LogP contribution in [0.2, 0.25) is 5.82 Å². The summed E-state index contributed by atoms with van der Waals surface area (Å²) in [6, 6.07) is 16.2. The van der Waals surface area contributed by atoms with E-state index in [2.05, 4.69) is 44.0 Å². The van der Waals surface area contributed by atoms with E-state index in [9.17, 15) is 33.6 Å². The smallest absolute Gasteiger partial charge is 0.246 e. The van der Waals surface area contributed by atoms with Crippen molar-refractivity contribution < 1.29 is 33.6 Å². The average Bonchev–Trinajstić information content (AvgIpc) is 3.78. The highest BCUT2D eigenvalue weighted by molar-refractivity contribution is 6.78. The zero-order valence-electron chi connectivity index (χ0n) is 43.9. The molecule has 16 heteroatoms. The summed E-state index contributed by atoms with van der Waals surface area (Å²) in [5.74, 6) is -2.61. The molecule has 2 heterocycles. The first-order valence-corrected chi connectivity index (χ1v) is 25.9. The first-order chi connectivity index (χ1) is 34.1. The van der Waals surface area contributed by atoms with E-state index >= 15 is 0 Å². The SMILES string of the molecule is CN[C@@H](C)C(=O)NC(C(=O)N1Cc2cc(C(=O)[B][C@H]3C[C@@H](C(=O)N[C@@H]4CCCc5ccccc54)N(C(=O)[C@@H](NC(=O)[C@H](C)NC)C(C)(C)C)C3)ccc2C[C@H]1C(=O)N[C@@H]1CCCc2ccccc21)C(C)(C)C. The van der Waals surface area contributed by atoms with E-state index < -0.39 is 64.7 Å². The average molecular weight is 984 g/mol. The molecule has 2 aliphatic carbocycles. The molecule has 1 radical (unpaired) electrons. The van der Waals surface area contributed by atoms with E-state index in [0.717, 1.165) is 55.2 Å². The van der Waals surface area contributed by atoms with Gasteiger partial charge in [0.05, 0.1) is 24.2 Å². The van der Waals surface area contributed by atoms with Crippen LogP contribution in [-0.2, 0) is 54.6 Å². The molecule has 2 aliphatic heterocycles. The fourth-order valence-electron chi connectivity index (χ4n) is 10.8. The summed E-state index contributed by atoms with van der Waals surface area (Å²) in [4.78, 5) is 103. The molecular weight excluding hydrogens is 907 g/mol. The summed E-state index contributed by atoms with van der Waals surface area (Å²) in [7, 11) is 4.92. The predicted octanol–water partition coefficient (Wildman–Crippen LogP) is 4.84. The molecule has 9 atom stereocenters. The lowest BCUT2D eigenvalue weighted by Crippen LogP contribution is -2.62. The Hall–Kier alpha value is -5.87. The number of hydrogen-bond donors (Lipinski definition) is 6. The number of benzene rings is 3. The second-order valence-electron chi connectivity index (χ2n) is 22.6. The third-order valence-corrected chi connectivity index (χ3v) is 15.3. The van der Waals surface area contributed by atoms with E-state index in [-0.39, 0.29) is 67.3 Å². The molecule has 1 unspecified atom stereocenters. The number of carbonyl (C=O) groups excluding carboxylic acids is 7. The van der Waals surface area contributed by atoms with Crippen LogP contribution in [-0.4, -0.2) is 115 Å². The van der Waals surface area contributed by atoms with Crippen molar-refractivity contribution in [3.05, 3.63) is 106 Å². The van der Waals surface area contributed by atoms with Gasteiger partial charge in [-0.15, -0.1) is 0 Å². The number of rotatable bonds is 15. The van der Waals surface area contributed by atoms with Gasteiger partial charge in [0.15, 0.2) is 0 Å². The van der Waals surface area contributed by atoms with Gasteiger partial charge in [-0.1, -0.05) is 102 Å². The maximum absolute atomic E-state index is 15.0. The number of likely N-dealkylation sites (tertiary alicyclic amines) is 1. The first kappa shape index (κ1) is 53.9. The molecule has 15 nitrogen and oxygen atoms in total. The highest BCUT2D eigenvalue weighted by Gasteiger charge is 2.47. The van der Waals surface area contributed by atoms with Gasteiger partial charge in [-0.3, -0.25) is 28.8 Å². The van der Waals surface area contributed by atoms with Crippen molar-refractivity contribution >= 4 is 48.4 Å². The standard InChI is InChI=1S/C56H76BN8O7/c1-32(58-9)49(67)62-46(55(3,4)5)53(71)64-30-38-27-37(26-25-36(38)28-44(64)51(69)60-42-23-15-19-34-17-11-13-21-40(34)42)48(66)57-39-29-45(52(70)61-43-24-16-20-35-18-12-14-22-41(35)43)65(31-39)54(72)47(56(6,7)8)63-50(68)33(2)59-10/h11-14,17-18,21-22,25-27,32-33,39,42-47,58-59H,15-16,19-20,23-24,28-31H2,1-10H3,(H,60,69)(H,61,70)(H,62,67)(H,63,68)/t32-,33-,39-,42+,43+,44-,45-,46?,47+/m0/s1. The first-order valence-electron chi connectivity index (χ1n) is 25.9. The van der Waals surface area contributed by atoms with Crippen LogP contribution in [0.3, 0.4) is 0 Å². The molecule has 6 N–H and O–H groups in total. The molecule has 6 amide bonds. The molecule has 1 fully saturated rings. The largest absolute Gasteiger partial charge is 0.347 e. The van der Waals surface area contributed by atoms with Gasteiger partial charge in [-0.2, -0.15) is 0 Å². The Labute approximate surface area is 426 Å². The number of fused-ring (bicyclic) bond motifs is 3. The summed E-state index contributed by atoms with van der Waals surface area (Å²) in [6.45, 7) is 14.8. The third-order valence-electron chi connectivity index (χ3n) is 15.3. The van der Waals surface area contributed by atoms with Crippen LogP contribution in [0.1, 0.15) is 143 Å². The molecule has 4 aliphatic rings. The van der Waals surface area contributed by atoms with Crippen molar-refractivity contribution in [1.29, 1.82) is 0 Å². The summed E-state index contributed by atoms with van der Waals surface area (Å²) in [5.41, 5.74) is 4.63. The zero-order chi connectivity index (χ0) is 52.2. The summed E-state index contributed by atoms with van der Waals surface area (Å²) >= 11 is 0. The lowest BCUT2D eigenvalue weighted by molar-refractivity contribution is -0.147. The number of carbonyl (C=O) groups is 7. The second-order valence-corrected chi connectivity index (χ2v) is 22.6. The Bertz CT molecular complexity index is 2540. The van der Waals surface area contributed by atoms with E-state index in [1.165, 1.54) is 16.0 Å². The molecule has 72 heavy (non-hydrogen) atoms. The van der Waals surface area contributed by atoms with Gasteiger partial charge in [-0.05, 0) is 129 Å². The molecule has 7 rings (SSSR count). The lowest BCUT2D eigenvalue weighted by atomic mass is 9.58. The topological polar surface area (TPSA) is 198 Å². The van der Waals surface area contributed by atoms with E-state index in [4.69, 9.17) is 0 Å². The predicted molar refractivity (Wildman–Crippen MR) is 279 cm³/mol. The highest BCUT2D eigenvalue weighted by Crippen LogP contribution is 2.36. The van der Waals surface area contributed by atoms with E-state index in [1.807, 2.05) is 84.0 Å². The van der Waals surface area contributed by atoms with Crippen molar-refractivity contribution in [2.75, 3.05) is 20.6 Å². The quantitative estimate of drug-likeness (QED) is 0.116. The van der Waals surface area contributed by atoms with Crippen LogP contribution in [0.4, 0.5) is 0 Å². The molecule has 0 spiro atoms. The number of hydrogen-bond acceptors (Lipinski definition) is 9. The summed E-state index contributed by atoms with van der Waals surface area (Å²) in [5, 5.41) is 18.3. The van der Waals surface area contributed by atoms with Gasteiger partial charge in [0.1, 0.15) is 29.8 Å². The Morgan fingerprint density at radius 2 is 1.10 bits per heavy atom. The summed E-state index contributed by atoms with van der Waals surface area (Å²) in [6.07, 6.45) is 5.57. The number of amides is 6. The number of aryl methyl sites for hydroxylation is 2. The van der Waals surface area contributed by atoms with Crippen molar-refractivity contribution in [1.82, 2.24) is 41.7 Å². The van der Waals surface area contributed by atoms with Crippen molar-refractivity contribution in [2.24, 2.45) is 10.8 Å². The minimum atomic E-state index is -0.977. The van der Waals surface area contributed by atoms with Crippen molar-refractivity contribution in [3.8, 4) is 0 Å². The number of likely N-dealkylation sites (N-methyl/N-ethyl adjacent to an activating group) is 2. The normalized spacial score (nSPS) is 22.4. The van der Waals surface area contributed by atoms with Crippen LogP contribution in [0, 0.1) is 10.8 Å². The molecule has 0 saturated carbocycles. The van der Waals surface area contributed by atoms with E-state index in [1.54, 1.807) is 52.3 Å². The van der Waals surface area contributed by atoms with Gasteiger partial charge in [0.25, 0.3) is 0 Å². The molecule has 385 valence electrons. The molecule has 1 saturated heterocycles. The van der Waals surface area contributed by atoms with Gasteiger partial charge in [0.2, 0.25) is 42.7 Å². The molecular formula is C56H76BN8O7. The van der Waals surface area contributed by atoms with Crippen LogP contribution in [0.5, 0.6) is 0 Å². The zero-order valence-corrected chi connectivity index (χ0v) is 43.9. The Kier molecular flexibility index (Phi) is 16.8. The van der Waals surface area contributed by atoms with Crippen LogP contribution in [0.25, 0.3) is 0 Å². The lowest BCUT2D eigenvalue weighted by Gasteiger charge is -2.42. The van der Waals surface area contributed by atoms with Crippen LogP contribution >= 0.6 is 0 Å². The third kappa shape index (κ3) is 12.1. The van der Waals surface area contributed by atoms with Gasteiger partial charge < -0.3 is 46.5 Å². The Balaban J connectivity index is 1.16.